The van der Waals surface area contributed by atoms with Crippen molar-refractivity contribution in [2.75, 3.05) is 37.4 Å². The van der Waals surface area contributed by atoms with E-state index in [0.29, 0.717) is 23.8 Å². The number of nitrogens with one attached hydrogen (secondary N) is 1. The Bertz CT molecular complexity index is 456. The third-order valence-electron chi connectivity index (χ3n) is 3.48. The molecule has 1 heterocycles. The topological polar surface area (TPSA) is 73.6 Å². The number of hydrogen-bond donors (Lipinski definition) is 2. The Morgan fingerprint density at radius 3 is 2.85 bits per heavy atom. The van der Waals surface area contributed by atoms with Crippen molar-refractivity contribution >= 4 is 17.3 Å². The van der Waals surface area contributed by atoms with Gasteiger partial charge in [-0.05, 0) is 43.9 Å². The molecule has 0 unspecified atom stereocenters. The van der Waals surface area contributed by atoms with Crippen molar-refractivity contribution in [2.24, 2.45) is 5.92 Å². The number of hydrogen-bond acceptors (Lipinski definition) is 5. The minimum absolute atomic E-state index is 0.338. The second-order valence-corrected chi connectivity index (χ2v) is 4.96. The number of benzene rings is 1. The number of nitrogens with two attached hydrogens (primary N) is 1. The molecule has 1 fully saturated rings. The zero-order chi connectivity index (χ0) is 14.4. The standard InChI is InChI=1S/C15H22N2O3/c1-2-20-15(18)12-3-4-14(13(16)9-12)17-10-11-5-7-19-8-6-11/h3-4,9,11,17H,2,5-8,10,16H2,1H3. The largest absolute Gasteiger partial charge is 0.462 e. The van der Waals surface area contributed by atoms with E-state index in [9.17, 15) is 4.79 Å². The Morgan fingerprint density at radius 1 is 1.45 bits per heavy atom. The molecule has 3 N–H and O–H groups in total. The minimum atomic E-state index is -0.338. The Hall–Kier alpha value is -1.75. The molecule has 5 nitrogen and oxygen atoms in total. The molecule has 0 aliphatic carbocycles. The van der Waals surface area contributed by atoms with Crippen LogP contribution in [0, 0.1) is 5.92 Å². The van der Waals surface area contributed by atoms with Gasteiger partial charge in [0, 0.05) is 19.8 Å². The van der Waals surface area contributed by atoms with E-state index < -0.39 is 0 Å². The summed E-state index contributed by atoms with van der Waals surface area (Å²) in [5.41, 5.74) is 7.90. The zero-order valence-electron chi connectivity index (χ0n) is 11.9. The highest BCUT2D eigenvalue weighted by Gasteiger charge is 2.14. The summed E-state index contributed by atoms with van der Waals surface area (Å²) in [6, 6.07) is 5.23. The first-order valence-electron chi connectivity index (χ1n) is 7.09. The van der Waals surface area contributed by atoms with Gasteiger partial charge < -0.3 is 20.5 Å². The molecule has 2 rings (SSSR count). The van der Waals surface area contributed by atoms with Gasteiger partial charge in [0.15, 0.2) is 0 Å². The highest BCUT2D eigenvalue weighted by molar-refractivity contribution is 5.91. The molecule has 0 radical (unpaired) electrons. The summed E-state index contributed by atoms with van der Waals surface area (Å²) in [7, 11) is 0. The smallest absolute Gasteiger partial charge is 0.338 e. The van der Waals surface area contributed by atoms with Crippen LogP contribution in [0.2, 0.25) is 0 Å². The monoisotopic (exact) mass is 278 g/mol. The number of ether oxygens (including phenoxy) is 2. The summed E-state index contributed by atoms with van der Waals surface area (Å²) in [5.74, 6) is 0.281. The van der Waals surface area contributed by atoms with E-state index in [1.54, 1.807) is 19.1 Å². The summed E-state index contributed by atoms with van der Waals surface area (Å²) in [6.45, 7) is 4.70. The van der Waals surface area contributed by atoms with Gasteiger partial charge in [-0.2, -0.15) is 0 Å². The SMILES string of the molecule is CCOC(=O)c1ccc(NCC2CCOCC2)c(N)c1. The molecule has 1 saturated heterocycles. The molecule has 1 aromatic rings. The normalized spacial score (nSPS) is 15.8. The molecule has 20 heavy (non-hydrogen) atoms. The molecule has 0 aromatic heterocycles. The molecule has 0 saturated carbocycles. The molecule has 0 amide bonds. The Morgan fingerprint density at radius 2 is 2.20 bits per heavy atom. The van der Waals surface area contributed by atoms with Crippen molar-refractivity contribution < 1.29 is 14.3 Å². The van der Waals surface area contributed by atoms with Crippen LogP contribution in [0.5, 0.6) is 0 Å². The molecule has 1 aliphatic rings. The first kappa shape index (κ1) is 14.7. The van der Waals surface area contributed by atoms with Crippen LogP contribution in [0.25, 0.3) is 0 Å². The quantitative estimate of drug-likeness (QED) is 0.638. The van der Waals surface area contributed by atoms with Crippen LogP contribution in [-0.2, 0) is 9.47 Å². The molecular formula is C15H22N2O3. The lowest BCUT2D eigenvalue weighted by molar-refractivity contribution is 0.0526. The predicted octanol–water partition coefficient (Wildman–Crippen LogP) is 2.28. The van der Waals surface area contributed by atoms with E-state index in [0.717, 1.165) is 38.3 Å². The Balaban J connectivity index is 1.93. The van der Waals surface area contributed by atoms with E-state index in [1.165, 1.54) is 0 Å². The Labute approximate surface area is 119 Å². The number of nitrogen functional groups attached to an aromatic ring is 1. The average molecular weight is 278 g/mol. The fourth-order valence-corrected chi connectivity index (χ4v) is 2.27. The predicted molar refractivity (Wildman–Crippen MR) is 78.8 cm³/mol. The highest BCUT2D eigenvalue weighted by Crippen LogP contribution is 2.22. The van der Waals surface area contributed by atoms with Gasteiger partial charge in [-0.25, -0.2) is 4.79 Å². The van der Waals surface area contributed by atoms with Crippen LogP contribution in [-0.4, -0.2) is 32.3 Å². The van der Waals surface area contributed by atoms with Gasteiger partial charge in [0.05, 0.1) is 23.5 Å². The van der Waals surface area contributed by atoms with Gasteiger partial charge >= 0.3 is 5.97 Å². The lowest BCUT2D eigenvalue weighted by Gasteiger charge is -2.23. The average Bonchev–Trinajstić information content (AvgIpc) is 2.47. The fraction of sp³-hybridized carbons (Fsp3) is 0.533. The van der Waals surface area contributed by atoms with Crippen molar-refractivity contribution in [1.82, 2.24) is 0 Å². The Kier molecular flexibility index (Phi) is 5.24. The molecule has 1 aliphatic heterocycles. The van der Waals surface area contributed by atoms with E-state index in [-0.39, 0.29) is 5.97 Å². The number of anilines is 2. The van der Waals surface area contributed by atoms with Crippen LogP contribution < -0.4 is 11.1 Å². The lowest BCUT2D eigenvalue weighted by Crippen LogP contribution is -2.23. The van der Waals surface area contributed by atoms with Gasteiger partial charge in [-0.15, -0.1) is 0 Å². The third kappa shape index (κ3) is 3.87. The van der Waals surface area contributed by atoms with Gasteiger partial charge in [0.1, 0.15) is 0 Å². The van der Waals surface area contributed by atoms with Crippen LogP contribution in [0.3, 0.4) is 0 Å². The van der Waals surface area contributed by atoms with Crippen molar-refractivity contribution in [3.05, 3.63) is 23.8 Å². The van der Waals surface area contributed by atoms with E-state index in [4.69, 9.17) is 15.2 Å². The third-order valence-corrected chi connectivity index (χ3v) is 3.48. The summed E-state index contributed by atoms with van der Waals surface area (Å²) in [6.07, 6.45) is 2.15. The minimum Gasteiger partial charge on any atom is -0.462 e. The maximum Gasteiger partial charge on any atom is 0.338 e. The molecule has 110 valence electrons. The van der Waals surface area contributed by atoms with E-state index in [1.807, 2.05) is 6.07 Å². The van der Waals surface area contributed by atoms with Crippen molar-refractivity contribution in [3.8, 4) is 0 Å². The van der Waals surface area contributed by atoms with E-state index in [2.05, 4.69) is 5.32 Å². The number of carbonyl (C=O) groups excluding carboxylic acids is 1. The fourth-order valence-electron chi connectivity index (χ4n) is 2.27. The summed E-state index contributed by atoms with van der Waals surface area (Å²) in [5, 5.41) is 3.35. The van der Waals surface area contributed by atoms with Gasteiger partial charge in [0.25, 0.3) is 0 Å². The summed E-state index contributed by atoms with van der Waals surface area (Å²) >= 11 is 0. The first-order chi connectivity index (χ1) is 9.70. The van der Waals surface area contributed by atoms with Crippen LogP contribution in [0.1, 0.15) is 30.1 Å². The van der Waals surface area contributed by atoms with Crippen molar-refractivity contribution in [1.29, 1.82) is 0 Å². The lowest BCUT2D eigenvalue weighted by atomic mass is 10.0. The maximum atomic E-state index is 11.6. The number of esters is 1. The second kappa shape index (κ2) is 7.14. The van der Waals surface area contributed by atoms with Gasteiger partial charge in [0.2, 0.25) is 0 Å². The van der Waals surface area contributed by atoms with Gasteiger partial charge in [-0.3, -0.25) is 0 Å². The summed E-state index contributed by atoms with van der Waals surface area (Å²) < 4.78 is 10.3. The molecular weight excluding hydrogens is 256 g/mol. The number of carbonyl (C=O) groups is 1. The molecule has 5 heteroatoms. The van der Waals surface area contributed by atoms with Crippen LogP contribution in [0.4, 0.5) is 11.4 Å². The zero-order valence-corrected chi connectivity index (χ0v) is 11.9. The second-order valence-electron chi connectivity index (χ2n) is 4.96. The highest BCUT2D eigenvalue weighted by atomic mass is 16.5. The molecule has 0 atom stereocenters. The molecule has 0 spiro atoms. The van der Waals surface area contributed by atoms with E-state index >= 15 is 0 Å². The first-order valence-corrected chi connectivity index (χ1v) is 7.09. The molecule has 0 bridgehead atoms. The maximum absolute atomic E-state index is 11.6. The number of rotatable bonds is 5. The summed E-state index contributed by atoms with van der Waals surface area (Å²) in [4.78, 5) is 11.6. The van der Waals surface area contributed by atoms with Crippen LogP contribution >= 0.6 is 0 Å². The van der Waals surface area contributed by atoms with Crippen molar-refractivity contribution in [3.63, 3.8) is 0 Å². The van der Waals surface area contributed by atoms with Crippen molar-refractivity contribution in [2.45, 2.75) is 19.8 Å². The van der Waals surface area contributed by atoms with Crippen LogP contribution in [0.15, 0.2) is 18.2 Å². The molecule has 1 aromatic carbocycles. The van der Waals surface area contributed by atoms with Gasteiger partial charge in [-0.1, -0.05) is 0 Å².